The SMILES string of the molecule is Cc1cc2nccc(OC3CCN(c4nc(C(C)C)no4)CC3)n2n1. The number of anilines is 1. The van der Waals surface area contributed by atoms with Crippen LogP contribution in [0.1, 0.15) is 44.1 Å². The number of ether oxygens (including phenoxy) is 1. The van der Waals surface area contributed by atoms with Crippen molar-refractivity contribution in [3.8, 4) is 5.88 Å². The summed E-state index contributed by atoms with van der Waals surface area (Å²) in [7, 11) is 0. The lowest BCUT2D eigenvalue weighted by molar-refractivity contribution is 0.157. The van der Waals surface area contributed by atoms with Gasteiger partial charge in [-0.05, 0) is 6.92 Å². The van der Waals surface area contributed by atoms with Crippen LogP contribution in [0.25, 0.3) is 5.65 Å². The largest absolute Gasteiger partial charge is 0.474 e. The third-order valence-corrected chi connectivity index (χ3v) is 4.39. The summed E-state index contributed by atoms with van der Waals surface area (Å²) >= 11 is 0. The Bertz CT molecular complexity index is 863. The maximum absolute atomic E-state index is 6.18. The van der Waals surface area contributed by atoms with Crippen LogP contribution in [0.4, 0.5) is 6.01 Å². The normalized spacial score (nSPS) is 16.1. The van der Waals surface area contributed by atoms with Gasteiger partial charge in [0.15, 0.2) is 11.5 Å². The zero-order valence-electron chi connectivity index (χ0n) is 14.7. The first kappa shape index (κ1) is 15.9. The van der Waals surface area contributed by atoms with Crippen LogP contribution < -0.4 is 9.64 Å². The number of nitrogens with zero attached hydrogens (tertiary/aromatic N) is 6. The van der Waals surface area contributed by atoms with Gasteiger partial charge in [-0.1, -0.05) is 19.0 Å². The molecule has 1 saturated heterocycles. The van der Waals surface area contributed by atoms with Gasteiger partial charge in [-0.25, -0.2) is 4.98 Å². The second-order valence-electron chi connectivity index (χ2n) is 6.73. The Kier molecular flexibility index (Phi) is 4.03. The van der Waals surface area contributed by atoms with Gasteiger partial charge in [-0.15, -0.1) is 0 Å². The Morgan fingerprint density at radius 2 is 2.08 bits per heavy atom. The fourth-order valence-corrected chi connectivity index (χ4v) is 3.00. The number of hydrogen-bond acceptors (Lipinski definition) is 7. The molecule has 0 unspecified atom stereocenters. The highest BCUT2D eigenvalue weighted by molar-refractivity contribution is 5.41. The molecule has 25 heavy (non-hydrogen) atoms. The van der Waals surface area contributed by atoms with Gasteiger partial charge in [0.1, 0.15) is 6.10 Å². The van der Waals surface area contributed by atoms with Crippen molar-refractivity contribution in [1.29, 1.82) is 0 Å². The van der Waals surface area contributed by atoms with Gasteiger partial charge in [0.25, 0.3) is 0 Å². The molecule has 8 nitrogen and oxygen atoms in total. The number of fused-ring (bicyclic) bond motifs is 1. The first-order valence-electron chi connectivity index (χ1n) is 8.67. The molecular weight excluding hydrogens is 320 g/mol. The maximum atomic E-state index is 6.18. The van der Waals surface area contributed by atoms with E-state index in [-0.39, 0.29) is 12.0 Å². The van der Waals surface area contributed by atoms with Gasteiger partial charge in [0, 0.05) is 50.2 Å². The van der Waals surface area contributed by atoms with Crippen LogP contribution >= 0.6 is 0 Å². The molecule has 1 aliphatic heterocycles. The van der Waals surface area contributed by atoms with Crippen LogP contribution in [0.3, 0.4) is 0 Å². The van der Waals surface area contributed by atoms with Crippen LogP contribution in [0.2, 0.25) is 0 Å². The third kappa shape index (κ3) is 3.16. The molecule has 0 aromatic carbocycles. The molecule has 132 valence electrons. The van der Waals surface area contributed by atoms with E-state index in [0.717, 1.165) is 49.0 Å². The molecule has 4 heterocycles. The Hall–Kier alpha value is -2.64. The van der Waals surface area contributed by atoms with E-state index >= 15 is 0 Å². The second-order valence-corrected chi connectivity index (χ2v) is 6.73. The van der Waals surface area contributed by atoms with E-state index in [1.165, 1.54) is 0 Å². The minimum absolute atomic E-state index is 0.138. The topological polar surface area (TPSA) is 81.6 Å². The van der Waals surface area contributed by atoms with Crippen LogP contribution in [0.5, 0.6) is 5.88 Å². The van der Waals surface area contributed by atoms with Gasteiger partial charge in [-0.3, -0.25) is 0 Å². The number of piperidine rings is 1. The molecule has 0 saturated carbocycles. The van der Waals surface area contributed by atoms with Crippen molar-refractivity contribution in [1.82, 2.24) is 24.7 Å². The third-order valence-electron chi connectivity index (χ3n) is 4.39. The standard InChI is InChI=1S/C17H22N6O2/c1-11(2)16-19-17(25-21-16)22-8-5-13(6-9-22)24-15-4-7-18-14-10-12(3)20-23(14)15/h4,7,10-11,13H,5-6,8-9H2,1-3H3. The van der Waals surface area contributed by atoms with Crippen molar-refractivity contribution in [3.05, 3.63) is 29.8 Å². The fraction of sp³-hybridized carbons (Fsp3) is 0.529. The lowest BCUT2D eigenvalue weighted by atomic mass is 10.1. The van der Waals surface area contributed by atoms with Crippen molar-refractivity contribution in [2.75, 3.05) is 18.0 Å². The van der Waals surface area contributed by atoms with Crippen molar-refractivity contribution >= 4 is 11.7 Å². The predicted molar refractivity (Wildman–Crippen MR) is 92.0 cm³/mol. The van der Waals surface area contributed by atoms with Crippen LogP contribution in [-0.4, -0.2) is 43.9 Å². The molecule has 8 heteroatoms. The van der Waals surface area contributed by atoms with Crippen molar-refractivity contribution < 1.29 is 9.26 Å². The number of rotatable bonds is 4. The molecule has 0 radical (unpaired) electrons. The zero-order chi connectivity index (χ0) is 17.4. The zero-order valence-corrected chi connectivity index (χ0v) is 14.7. The number of aromatic nitrogens is 5. The van der Waals surface area contributed by atoms with Gasteiger partial charge >= 0.3 is 6.01 Å². The highest BCUT2D eigenvalue weighted by atomic mass is 16.5. The Morgan fingerprint density at radius 1 is 1.28 bits per heavy atom. The molecule has 1 fully saturated rings. The molecule has 0 aliphatic carbocycles. The summed E-state index contributed by atoms with van der Waals surface area (Å²) in [6.07, 6.45) is 3.68. The first-order valence-corrected chi connectivity index (χ1v) is 8.67. The van der Waals surface area contributed by atoms with Gasteiger partial charge in [-0.2, -0.15) is 14.6 Å². The smallest absolute Gasteiger partial charge is 0.324 e. The maximum Gasteiger partial charge on any atom is 0.324 e. The lowest BCUT2D eigenvalue weighted by Gasteiger charge is -2.30. The molecule has 0 bridgehead atoms. The van der Waals surface area contributed by atoms with Gasteiger partial charge in [0.2, 0.25) is 5.88 Å². The molecule has 0 atom stereocenters. The molecule has 0 N–H and O–H groups in total. The van der Waals surface area contributed by atoms with Gasteiger partial charge in [0.05, 0.1) is 5.69 Å². The van der Waals surface area contributed by atoms with E-state index in [2.05, 4.69) is 39.0 Å². The van der Waals surface area contributed by atoms with E-state index in [1.54, 1.807) is 10.7 Å². The van der Waals surface area contributed by atoms with Crippen LogP contribution in [0.15, 0.2) is 22.9 Å². The molecule has 3 aromatic heterocycles. The van der Waals surface area contributed by atoms with E-state index in [9.17, 15) is 0 Å². The molecule has 0 amide bonds. The average Bonchev–Trinajstić information content (AvgIpc) is 3.22. The quantitative estimate of drug-likeness (QED) is 0.721. The van der Waals surface area contributed by atoms with E-state index in [1.807, 2.05) is 19.1 Å². The van der Waals surface area contributed by atoms with Gasteiger partial charge < -0.3 is 14.2 Å². The summed E-state index contributed by atoms with van der Waals surface area (Å²) in [6.45, 7) is 7.72. The minimum Gasteiger partial charge on any atom is -0.474 e. The summed E-state index contributed by atoms with van der Waals surface area (Å²) in [4.78, 5) is 10.9. The lowest BCUT2D eigenvalue weighted by Crippen LogP contribution is -2.38. The summed E-state index contributed by atoms with van der Waals surface area (Å²) in [5.74, 6) is 1.75. The molecule has 4 rings (SSSR count). The predicted octanol–water partition coefficient (Wildman–Crippen LogP) is 2.59. The molecule has 1 aliphatic rings. The monoisotopic (exact) mass is 342 g/mol. The Balaban J connectivity index is 1.41. The van der Waals surface area contributed by atoms with Crippen LogP contribution in [0, 0.1) is 6.92 Å². The minimum atomic E-state index is 0.138. The van der Waals surface area contributed by atoms with E-state index < -0.39 is 0 Å². The number of hydrogen-bond donors (Lipinski definition) is 0. The average molecular weight is 342 g/mol. The molecule has 3 aromatic rings. The second kappa shape index (κ2) is 6.34. The van der Waals surface area contributed by atoms with Crippen molar-refractivity contribution in [2.45, 2.75) is 45.6 Å². The fourth-order valence-electron chi connectivity index (χ4n) is 3.00. The summed E-state index contributed by atoms with van der Waals surface area (Å²) in [5.41, 5.74) is 1.73. The van der Waals surface area contributed by atoms with E-state index in [0.29, 0.717) is 6.01 Å². The Labute approximate surface area is 145 Å². The Morgan fingerprint density at radius 3 is 2.80 bits per heavy atom. The first-order chi connectivity index (χ1) is 12.1. The summed E-state index contributed by atoms with van der Waals surface area (Å²) in [5, 5.41) is 8.48. The van der Waals surface area contributed by atoms with Crippen molar-refractivity contribution in [2.24, 2.45) is 0 Å². The van der Waals surface area contributed by atoms with Crippen LogP contribution in [-0.2, 0) is 0 Å². The van der Waals surface area contributed by atoms with E-state index in [4.69, 9.17) is 9.26 Å². The molecular formula is C17H22N6O2. The summed E-state index contributed by atoms with van der Waals surface area (Å²) < 4.78 is 13.3. The highest BCUT2D eigenvalue weighted by Gasteiger charge is 2.25. The highest BCUT2D eigenvalue weighted by Crippen LogP contribution is 2.23. The number of aryl methyl sites for hydroxylation is 1. The summed E-state index contributed by atoms with van der Waals surface area (Å²) in [6, 6.07) is 4.41. The molecule has 0 spiro atoms. The van der Waals surface area contributed by atoms with Crippen molar-refractivity contribution in [3.63, 3.8) is 0 Å².